The van der Waals surface area contributed by atoms with Crippen molar-refractivity contribution >= 4 is 38.5 Å². The van der Waals surface area contributed by atoms with Crippen molar-refractivity contribution in [3.05, 3.63) is 108 Å². The third-order valence-electron chi connectivity index (χ3n) is 7.96. The maximum Gasteiger partial charge on any atom is 0.146 e. The molecule has 2 aliphatic carbocycles. The Morgan fingerprint density at radius 2 is 1.57 bits per heavy atom. The minimum atomic E-state index is 0.906. The Morgan fingerprint density at radius 3 is 2.54 bits per heavy atom. The lowest BCUT2D eigenvalue weighted by Gasteiger charge is -2.13. The standard InChI is InChI=1S/C31H18N4/c1-2-5-20-17(4-1)14-18-7-8-19-15-23-21(28(19)27(18)20)9-10-22-29(23)30-26(6-3-12-33-30)35-25-11-13-32-16-24(25)34-31(22)35/h1-13,16H,14-15H2. The molecule has 162 valence electrons. The summed E-state index contributed by atoms with van der Waals surface area (Å²) in [5, 5.41) is 2.38. The average Bonchev–Trinajstić information content (AvgIpc) is 3.59. The van der Waals surface area contributed by atoms with E-state index in [2.05, 4.69) is 64.0 Å². The van der Waals surface area contributed by atoms with Crippen LogP contribution in [0.1, 0.15) is 22.3 Å². The SMILES string of the molecule is c1ccc2c(c1)Cc1ccc3c(c1-2)-c1ccc2c(c1C3)c1ncccc1n1c3ccncc3nc21. The third-order valence-corrected chi connectivity index (χ3v) is 7.96. The van der Waals surface area contributed by atoms with E-state index in [-0.39, 0.29) is 0 Å². The molecular formula is C31H18N4. The highest BCUT2D eigenvalue weighted by Gasteiger charge is 2.30. The number of benzene rings is 3. The highest BCUT2D eigenvalue weighted by atomic mass is 15.0. The Morgan fingerprint density at radius 1 is 0.686 bits per heavy atom. The van der Waals surface area contributed by atoms with Crippen LogP contribution in [-0.4, -0.2) is 19.4 Å². The van der Waals surface area contributed by atoms with E-state index < -0.39 is 0 Å². The number of aromatic nitrogens is 4. The molecule has 0 spiro atoms. The fourth-order valence-corrected chi connectivity index (χ4v) is 6.56. The molecule has 0 aliphatic heterocycles. The Hall–Kier alpha value is -4.57. The van der Waals surface area contributed by atoms with Gasteiger partial charge in [0.05, 0.1) is 22.7 Å². The number of imidazole rings is 1. The summed E-state index contributed by atoms with van der Waals surface area (Å²) in [6, 6.07) is 24.3. The molecule has 9 rings (SSSR count). The molecule has 0 bridgehead atoms. The van der Waals surface area contributed by atoms with E-state index in [0.717, 1.165) is 45.9 Å². The van der Waals surface area contributed by atoms with Gasteiger partial charge in [-0.1, -0.05) is 42.5 Å². The van der Waals surface area contributed by atoms with E-state index in [4.69, 9.17) is 9.97 Å². The molecule has 0 unspecified atom stereocenters. The number of hydrogen-bond donors (Lipinski definition) is 0. The van der Waals surface area contributed by atoms with Gasteiger partial charge in [-0.25, -0.2) is 4.98 Å². The summed E-state index contributed by atoms with van der Waals surface area (Å²) >= 11 is 0. The molecule has 4 heteroatoms. The van der Waals surface area contributed by atoms with Crippen LogP contribution < -0.4 is 0 Å². The van der Waals surface area contributed by atoms with Gasteiger partial charge in [-0.15, -0.1) is 0 Å². The van der Waals surface area contributed by atoms with E-state index >= 15 is 0 Å². The quantitative estimate of drug-likeness (QED) is 0.243. The second kappa shape index (κ2) is 6.10. The van der Waals surface area contributed by atoms with Gasteiger partial charge >= 0.3 is 0 Å². The van der Waals surface area contributed by atoms with Gasteiger partial charge in [-0.05, 0) is 81.6 Å². The van der Waals surface area contributed by atoms with Crippen molar-refractivity contribution in [1.29, 1.82) is 0 Å². The van der Waals surface area contributed by atoms with Crippen LogP contribution >= 0.6 is 0 Å². The van der Waals surface area contributed by atoms with Crippen LogP contribution in [0.25, 0.3) is 60.7 Å². The van der Waals surface area contributed by atoms with Crippen molar-refractivity contribution in [2.75, 3.05) is 0 Å². The van der Waals surface area contributed by atoms with Crippen molar-refractivity contribution < 1.29 is 0 Å². The lowest BCUT2D eigenvalue weighted by atomic mass is 9.93. The van der Waals surface area contributed by atoms with Crippen LogP contribution in [-0.2, 0) is 12.8 Å². The molecule has 7 aromatic rings. The zero-order valence-corrected chi connectivity index (χ0v) is 18.8. The van der Waals surface area contributed by atoms with E-state index in [9.17, 15) is 0 Å². The lowest BCUT2D eigenvalue weighted by Crippen LogP contribution is -1.96. The van der Waals surface area contributed by atoms with Crippen LogP contribution in [0.15, 0.2) is 85.3 Å². The first-order valence-corrected chi connectivity index (χ1v) is 12.0. The zero-order chi connectivity index (χ0) is 22.7. The Bertz CT molecular complexity index is 2070. The minimum absolute atomic E-state index is 0.906. The predicted molar refractivity (Wildman–Crippen MR) is 140 cm³/mol. The third kappa shape index (κ3) is 2.11. The molecule has 0 N–H and O–H groups in total. The smallest absolute Gasteiger partial charge is 0.146 e. The predicted octanol–water partition coefficient (Wildman–Crippen LogP) is 6.73. The highest BCUT2D eigenvalue weighted by Crippen LogP contribution is 2.51. The van der Waals surface area contributed by atoms with E-state index in [1.807, 2.05) is 30.7 Å². The summed E-state index contributed by atoms with van der Waals surface area (Å²) in [5.74, 6) is 0. The lowest BCUT2D eigenvalue weighted by molar-refractivity contribution is 1.24. The van der Waals surface area contributed by atoms with Gasteiger partial charge in [0.25, 0.3) is 0 Å². The van der Waals surface area contributed by atoms with Crippen molar-refractivity contribution in [2.45, 2.75) is 12.8 Å². The molecule has 4 heterocycles. The Labute approximate surface area is 200 Å². The maximum absolute atomic E-state index is 5.03. The van der Waals surface area contributed by atoms with Crippen LogP contribution in [0.2, 0.25) is 0 Å². The van der Waals surface area contributed by atoms with Crippen molar-refractivity contribution in [3.8, 4) is 22.3 Å². The average molecular weight is 447 g/mol. The molecule has 0 atom stereocenters. The van der Waals surface area contributed by atoms with Crippen LogP contribution in [0.5, 0.6) is 0 Å². The van der Waals surface area contributed by atoms with Crippen LogP contribution in [0.3, 0.4) is 0 Å². The summed E-state index contributed by atoms with van der Waals surface area (Å²) in [6.45, 7) is 0. The molecule has 0 fully saturated rings. The maximum atomic E-state index is 5.03. The Kier molecular flexibility index (Phi) is 3.11. The number of rotatable bonds is 0. The molecule has 2 aliphatic rings. The number of pyridine rings is 3. The normalized spacial score (nSPS) is 13.5. The molecule has 0 radical (unpaired) electrons. The zero-order valence-electron chi connectivity index (χ0n) is 18.8. The largest absolute Gasteiger partial charge is 0.290 e. The molecule has 0 amide bonds. The molecule has 4 aromatic heterocycles. The van der Waals surface area contributed by atoms with Gasteiger partial charge in [0.1, 0.15) is 11.2 Å². The highest BCUT2D eigenvalue weighted by molar-refractivity contribution is 6.16. The summed E-state index contributed by atoms with van der Waals surface area (Å²) in [5.41, 5.74) is 16.3. The fourth-order valence-electron chi connectivity index (χ4n) is 6.56. The second-order valence-corrected chi connectivity index (χ2v) is 9.67. The van der Waals surface area contributed by atoms with Crippen molar-refractivity contribution in [3.63, 3.8) is 0 Å². The van der Waals surface area contributed by atoms with E-state index in [1.54, 1.807) is 0 Å². The van der Waals surface area contributed by atoms with Gasteiger partial charge in [0, 0.05) is 23.2 Å². The molecular weight excluding hydrogens is 428 g/mol. The fraction of sp³-hybridized carbons (Fsp3) is 0.0645. The molecule has 3 aromatic carbocycles. The van der Waals surface area contributed by atoms with Crippen molar-refractivity contribution in [1.82, 2.24) is 19.4 Å². The summed E-state index contributed by atoms with van der Waals surface area (Å²) in [7, 11) is 0. The number of fused-ring (bicyclic) bond motifs is 16. The Balaban J connectivity index is 1.45. The van der Waals surface area contributed by atoms with Crippen LogP contribution in [0.4, 0.5) is 0 Å². The molecule has 0 saturated carbocycles. The van der Waals surface area contributed by atoms with Gasteiger partial charge in [0.2, 0.25) is 0 Å². The van der Waals surface area contributed by atoms with Gasteiger partial charge in [-0.3, -0.25) is 14.4 Å². The molecule has 4 nitrogen and oxygen atoms in total. The molecule has 0 saturated heterocycles. The first-order valence-electron chi connectivity index (χ1n) is 12.0. The summed E-state index contributed by atoms with van der Waals surface area (Å²) in [6.07, 6.45) is 7.52. The topological polar surface area (TPSA) is 43.1 Å². The van der Waals surface area contributed by atoms with Crippen molar-refractivity contribution in [2.24, 2.45) is 0 Å². The summed E-state index contributed by atoms with van der Waals surface area (Å²) in [4.78, 5) is 14.3. The van der Waals surface area contributed by atoms with Gasteiger partial charge in [-0.2, -0.15) is 0 Å². The monoisotopic (exact) mass is 446 g/mol. The number of hydrogen-bond acceptors (Lipinski definition) is 3. The van der Waals surface area contributed by atoms with Gasteiger partial charge < -0.3 is 0 Å². The number of nitrogens with zero attached hydrogens (tertiary/aromatic N) is 4. The summed E-state index contributed by atoms with van der Waals surface area (Å²) < 4.78 is 2.24. The second-order valence-electron chi connectivity index (χ2n) is 9.67. The van der Waals surface area contributed by atoms with Crippen LogP contribution in [0, 0.1) is 0 Å². The first-order chi connectivity index (χ1) is 17.4. The molecule has 35 heavy (non-hydrogen) atoms. The van der Waals surface area contributed by atoms with E-state index in [0.29, 0.717) is 0 Å². The first kappa shape index (κ1) is 17.8. The minimum Gasteiger partial charge on any atom is -0.290 e. The van der Waals surface area contributed by atoms with E-state index in [1.165, 1.54) is 49.9 Å². The van der Waals surface area contributed by atoms with Gasteiger partial charge in [0.15, 0.2) is 0 Å².